The number of amides is 1. The van der Waals surface area contributed by atoms with Gasteiger partial charge in [0.1, 0.15) is 12.1 Å². The molecule has 7 nitrogen and oxygen atoms in total. The second-order valence-corrected chi connectivity index (χ2v) is 11.1. The number of rotatable bonds is 5. The van der Waals surface area contributed by atoms with Gasteiger partial charge in [0.25, 0.3) is 5.92 Å². The summed E-state index contributed by atoms with van der Waals surface area (Å²) in [6, 6.07) is 0. The summed E-state index contributed by atoms with van der Waals surface area (Å²) in [6.45, 7) is 9.74. The highest BCUT2D eigenvalue weighted by Gasteiger charge is 2.45. The van der Waals surface area contributed by atoms with Gasteiger partial charge in [-0.15, -0.1) is 0 Å². The third-order valence-corrected chi connectivity index (χ3v) is 6.79. The molecule has 0 saturated carbocycles. The number of nitrogens with zero attached hydrogens (tertiary/aromatic N) is 4. The maximum Gasteiger partial charge on any atom is 0.410 e. The first-order valence-electron chi connectivity index (χ1n) is 11.7. The lowest BCUT2D eigenvalue weighted by molar-refractivity contribution is 0.000713. The van der Waals surface area contributed by atoms with Crippen LogP contribution in [0.3, 0.4) is 0 Å². The number of hydrogen-bond donors (Lipinski definition) is 0. The van der Waals surface area contributed by atoms with Crippen LogP contribution in [0.4, 0.5) is 13.6 Å². The van der Waals surface area contributed by atoms with Crippen molar-refractivity contribution in [1.29, 1.82) is 0 Å². The van der Waals surface area contributed by atoms with Gasteiger partial charge in [0.15, 0.2) is 0 Å². The number of hydrogen-bond acceptors (Lipinski definition) is 5. The Bertz CT molecular complexity index is 966. The first-order chi connectivity index (χ1) is 15.3. The van der Waals surface area contributed by atoms with E-state index in [9.17, 15) is 13.6 Å². The Balaban J connectivity index is 1.60. The van der Waals surface area contributed by atoms with Crippen molar-refractivity contribution in [2.45, 2.75) is 78.0 Å². The van der Waals surface area contributed by atoms with E-state index in [1.54, 1.807) is 19.1 Å². The van der Waals surface area contributed by atoms with E-state index in [4.69, 9.17) is 9.47 Å². The van der Waals surface area contributed by atoms with Crippen molar-refractivity contribution < 1.29 is 23.0 Å². The summed E-state index contributed by atoms with van der Waals surface area (Å²) in [4.78, 5) is 16.3. The van der Waals surface area contributed by atoms with Crippen LogP contribution in [-0.4, -0.2) is 71.1 Å². The average molecular weight is 467 g/mol. The minimum atomic E-state index is -2.73. The molecule has 1 aromatic rings. The number of methoxy groups -OCH3 is 1. The molecule has 0 bridgehead atoms. The molecular formula is C24H36F2N4O3. The van der Waals surface area contributed by atoms with Crippen LogP contribution in [0.2, 0.25) is 0 Å². The highest BCUT2D eigenvalue weighted by Crippen LogP contribution is 2.49. The number of halogens is 2. The number of carbonyl (C=O) groups excluding carboxylic acids is 1. The van der Waals surface area contributed by atoms with Crippen LogP contribution in [-0.2, 0) is 29.0 Å². The molecule has 3 heterocycles. The zero-order valence-electron chi connectivity index (χ0n) is 20.6. The molecule has 0 N–H and O–H groups in total. The third-order valence-electron chi connectivity index (χ3n) is 6.79. The molecule has 4 rings (SSSR count). The van der Waals surface area contributed by atoms with Crippen molar-refractivity contribution in [2.24, 2.45) is 5.41 Å². The number of likely N-dealkylation sites (N-methyl/N-ethyl adjacent to an activating group) is 1. The van der Waals surface area contributed by atoms with Crippen LogP contribution in [0.25, 0.3) is 5.57 Å². The predicted octanol–water partition coefficient (Wildman–Crippen LogP) is 4.30. The second-order valence-electron chi connectivity index (χ2n) is 11.1. The summed E-state index contributed by atoms with van der Waals surface area (Å²) in [5.74, 6) is -2.73. The van der Waals surface area contributed by atoms with Crippen LogP contribution < -0.4 is 0 Å². The van der Waals surface area contributed by atoms with Crippen molar-refractivity contribution in [2.75, 3.05) is 33.9 Å². The number of carbonyl (C=O) groups is 1. The Morgan fingerprint density at radius 3 is 2.67 bits per heavy atom. The molecule has 0 radical (unpaired) electrons. The van der Waals surface area contributed by atoms with E-state index >= 15 is 0 Å². The van der Waals surface area contributed by atoms with Gasteiger partial charge in [-0.05, 0) is 51.0 Å². The topological polar surface area (TPSA) is 59.8 Å². The van der Waals surface area contributed by atoms with Crippen LogP contribution in [0.15, 0.2) is 5.70 Å². The Labute approximate surface area is 194 Å². The number of allylic oxidation sites excluding steroid dienone is 2. The van der Waals surface area contributed by atoms with Gasteiger partial charge in [0.05, 0.1) is 31.0 Å². The molecule has 3 aliphatic rings. The molecule has 2 aliphatic heterocycles. The van der Waals surface area contributed by atoms with E-state index in [1.165, 1.54) is 10.4 Å². The van der Waals surface area contributed by atoms with Crippen molar-refractivity contribution in [3.05, 3.63) is 22.6 Å². The molecule has 184 valence electrons. The number of ether oxygens (including phenoxy) is 2. The van der Waals surface area contributed by atoms with E-state index in [0.29, 0.717) is 31.9 Å². The summed E-state index contributed by atoms with van der Waals surface area (Å²) in [6.07, 6.45) is 1.96. The lowest BCUT2D eigenvalue weighted by Gasteiger charge is -2.43. The van der Waals surface area contributed by atoms with Gasteiger partial charge >= 0.3 is 6.09 Å². The van der Waals surface area contributed by atoms with Crippen molar-refractivity contribution in [3.8, 4) is 0 Å². The lowest BCUT2D eigenvalue weighted by Crippen LogP contribution is -2.42. The minimum Gasteiger partial charge on any atom is -0.444 e. The molecule has 33 heavy (non-hydrogen) atoms. The van der Waals surface area contributed by atoms with Gasteiger partial charge in [0.2, 0.25) is 0 Å². The first-order valence-corrected chi connectivity index (χ1v) is 11.7. The molecule has 1 aliphatic carbocycles. The maximum atomic E-state index is 14.1. The fourth-order valence-electron chi connectivity index (χ4n) is 5.25. The fraction of sp³-hybridized carbons (Fsp3) is 0.750. The van der Waals surface area contributed by atoms with E-state index < -0.39 is 11.5 Å². The minimum absolute atomic E-state index is 0.0132. The largest absolute Gasteiger partial charge is 0.444 e. The lowest BCUT2D eigenvalue weighted by atomic mass is 9.72. The smallest absolute Gasteiger partial charge is 0.410 e. The summed E-state index contributed by atoms with van der Waals surface area (Å²) >= 11 is 0. The van der Waals surface area contributed by atoms with Gasteiger partial charge < -0.3 is 19.3 Å². The van der Waals surface area contributed by atoms with E-state index in [-0.39, 0.29) is 24.5 Å². The number of aromatic nitrogens is 2. The molecule has 0 saturated heterocycles. The van der Waals surface area contributed by atoms with Crippen LogP contribution in [0, 0.1) is 5.41 Å². The molecular weight excluding hydrogens is 430 g/mol. The highest BCUT2D eigenvalue weighted by atomic mass is 19.3. The Morgan fingerprint density at radius 1 is 1.27 bits per heavy atom. The van der Waals surface area contributed by atoms with Gasteiger partial charge in [0, 0.05) is 38.5 Å². The Morgan fingerprint density at radius 2 is 2.00 bits per heavy atom. The Hall–Kier alpha value is -2.16. The quantitative estimate of drug-likeness (QED) is 0.648. The van der Waals surface area contributed by atoms with Gasteiger partial charge in [-0.25, -0.2) is 13.6 Å². The predicted molar refractivity (Wildman–Crippen MR) is 121 cm³/mol. The summed E-state index contributed by atoms with van der Waals surface area (Å²) < 4.78 is 40.7. The zero-order chi connectivity index (χ0) is 24.2. The van der Waals surface area contributed by atoms with E-state index in [0.717, 1.165) is 36.1 Å². The van der Waals surface area contributed by atoms with Crippen molar-refractivity contribution in [3.63, 3.8) is 0 Å². The maximum absolute atomic E-state index is 14.1. The van der Waals surface area contributed by atoms with Gasteiger partial charge in [-0.1, -0.05) is 6.92 Å². The third kappa shape index (κ3) is 4.88. The van der Waals surface area contributed by atoms with Crippen LogP contribution in [0.1, 0.15) is 63.9 Å². The standard InChI is InChI=1S/C24H36F2N4O3/c1-22(2,3)33-21(31)28(5)9-10-29-13-17-20(19-12-24(25,26)14-30(19)27-17)16-7-8-23(4,15-32-6)11-18(16)29/h7-15H2,1-6H3. The average Bonchev–Trinajstić information content (AvgIpc) is 3.15. The molecule has 0 spiro atoms. The summed E-state index contributed by atoms with van der Waals surface area (Å²) in [5, 5.41) is 4.58. The molecule has 1 amide bonds. The first kappa shape index (κ1) is 24.0. The van der Waals surface area contributed by atoms with E-state index in [2.05, 4.69) is 16.9 Å². The zero-order valence-corrected chi connectivity index (χ0v) is 20.6. The SMILES string of the molecule is COCC1(C)CCC2=C(C1)N(CCN(C)C(=O)OC(C)(C)C)Cc1nn3c(c12)CC(F)(F)C3. The Kier molecular flexibility index (Phi) is 6.00. The summed E-state index contributed by atoms with van der Waals surface area (Å²) in [5.41, 5.74) is 4.24. The second kappa shape index (κ2) is 8.25. The van der Waals surface area contributed by atoms with Crippen LogP contribution >= 0.6 is 0 Å². The molecule has 1 unspecified atom stereocenters. The van der Waals surface area contributed by atoms with Gasteiger partial charge in [-0.2, -0.15) is 5.10 Å². The van der Waals surface area contributed by atoms with Crippen molar-refractivity contribution >= 4 is 11.7 Å². The normalized spacial score (nSPS) is 23.8. The number of fused-ring (bicyclic) bond motifs is 4. The van der Waals surface area contributed by atoms with Crippen molar-refractivity contribution in [1.82, 2.24) is 19.6 Å². The fourth-order valence-corrected chi connectivity index (χ4v) is 5.25. The molecule has 1 aromatic heterocycles. The molecule has 1 atom stereocenters. The summed E-state index contributed by atoms with van der Waals surface area (Å²) in [7, 11) is 3.45. The number of alkyl halides is 2. The monoisotopic (exact) mass is 466 g/mol. The van der Waals surface area contributed by atoms with E-state index in [1.807, 2.05) is 20.8 Å². The van der Waals surface area contributed by atoms with Crippen LogP contribution in [0.5, 0.6) is 0 Å². The molecule has 0 aromatic carbocycles. The van der Waals surface area contributed by atoms with Gasteiger partial charge in [-0.3, -0.25) is 4.68 Å². The highest BCUT2D eigenvalue weighted by molar-refractivity contribution is 5.75. The molecule has 0 fully saturated rings. The molecule has 9 heteroatoms.